The van der Waals surface area contributed by atoms with E-state index in [0.717, 1.165) is 17.4 Å². The van der Waals surface area contributed by atoms with E-state index in [-0.39, 0.29) is 17.1 Å². The lowest BCUT2D eigenvalue weighted by Gasteiger charge is -2.15. The Hall–Kier alpha value is -2.21. The van der Waals surface area contributed by atoms with Crippen molar-refractivity contribution in [3.63, 3.8) is 0 Å². The first-order chi connectivity index (χ1) is 12.4. The van der Waals surface area contributed by atoms with Crippen molar-refractivity contribution in [2.75, 3.05) is 12.3 Å². The van der Waals surface area contributed by atoms with Crippen LogP contribution in [0.1, 0.15) is 32.4 Å². The van der Waals surface area contributed by atoms with Gasteiger partial charge >= 0.3 is 5.69 Å². The summed E-state index contributed by atoms with van der Waals surface area (Å²) in [5, 5.41) is 29.5. The van der Waals surface area contributed by atoms with Gasteiger partial charge in [-0.3, -0.25) is 14.3 Å². The van der Waals surface area contributed by atoms with Gasteiger partial charge in [0.15, 0.2) is 17.4 Å². The van der Waals surface area contributed by atoms with Gasteiger partial charge in [-0.15, -0.1) is 0 Å². The smallest absolute Gasteiger partial charge is 0.332 e. The van der Waals surface area contributed by atoms with Crippen molar-refractivity contribution in [1.29, 1.82) is 0 Å². The van der Waals surface area contributed by atoms with E-state index < -0.39 is 42.4 Å². The van der Waals surface area contributed by atoms with Crippen LogP contribution in [0.25, 0.3) is 11.2 Å². The highest BCUT2D eigenvalue weighted by molar-refractivity contribution is 5.71. The predicted molar refractivity (Wildman–Crippen MR) is 91.6 cm³/mol. The van der Waals surface area contributed by atoms with Gasteiger partial charge in [0.1, 0.15) is 18.3 Å². The number of aromatic nitrogens is 4. The van der Waals surface area contributed by atoms with Gasteiger partial charge in [0, 0.05) is 6.54 Å². The van der Waals surface area contributed by atoms with Crippen molar-refractivity contribution in [3.05, 3.63) is 20.8 Å². The van der Waals surface area contributed by atoms with Gasteiger partial charge in [0.2, 0.25) is 5.95 Å². The molecular formula is C15H23N5O6. The quantitative estimate of drug-likeness (QED) is 0.374. The van der Waals surface area contributed by atoms with Crippen molar-refractivity contribution < 1.29 is 20.1 Å². The number of aryl methyl sites for hydroxylation is 1. The van der Waals surface area contributed by atoms with Gasteiger partial charge in [0.05, 0.1) is 6.61 Å². The van der Waals surface area contributed by atoms with Crippen LogP contribution in [0.2, 0.25) is 0 Å². The molecule has 0 aromatic carbocycles. The Morgan fingerprint density at radius 3 is 2.62 bits per heavy atom. The predicted octanol–water partition coefficient (Wildman–Crippen LogP) is -1.73. The fourth-order valence-electron chi connectivity index (χ4n) is 3.25. The van der Waals surface area contributed by atoms with Gasteiger partial charge in [-0.05, 0) is 6.42 Å². The molecule has 0 bridgehead atoms. The maximum Gasteiger partial charge on any atom is 0.332 e. The molecule has 4 unspecified atom stereocenters. The molecule has 0 radical (unpaired) electrons. The Balaban J connectivity index is 2.18. The molecule has 144 valence electrons. The number of nitrogens with zero attached hydrogens (tertiary/aromatic N) is 3. The molecule has 2 aromatic rings. The molecule has 1 saturated heterocycles. The maximum absolute atomic E-state index is 12.9. The highest BCUT2D eigenvalue weighted by Crippen LogP contribution is 2.30. The lowest BCUT2D eigenvalue weighted by molar-refractivity contribution is -0.0528. The summed E-state index contributed by atoms with van der Waals surface area (Å²) >= 11 is 0. The van der Waals surface area contributed by atoms with Crippen LogP contribution in [-0.2, 0) is 11.3 Å². The number of hydrogen-bond acceptors (Lipinski definition) is 8. The maximum atomic E-state index is 12.9. The Kier molecular flexibility index (Phi) is 5.14. The molecule has 0 aliphatic carbocycles. The number of hydrogen-bond donors (Lipinski definition) is 5. The standard InChI is InChI=1S/C15H23N5O6/c1-2-3-4-5-19-8-11(17-14(16)18-12(8)24)20(15(19)25)13-10(23)9(22)7(6-21)26-13/h7,9-10,13,21-23H,2-6H2,1H3,(H3,16,17,18,24). The minimum Gasteiger partial charge on any atom is -0.394 e. The number of nitrogens with one attached hydrogen (secondary N) is 1. The Bertz CT molecular complexity index is 902. The molecule has 0 saturated carbocycles. The van der Waals surface area contributed by atoms with Crippen LogP contribution in [-0.4, -0.2) is 59.3 Å². The van der Waals surface area contributed by atoms with Crippen LogP contribution in [0.15, 0.2) is 9.59 Å². The summed E-state index contributed by atoms with van der Waals surface area (Å²) in [6.07, 6.45) is -2.72. The Morgan fingerprint density at radius 2 is 2.00 bits per heavy atom. The number of H-pyrrole nitrogens is 1. The third-order valence-electron chi connectivity index (χ3n) is 4.59. The number of nitrogen functional groups attached to an aromatic ring is 1. The van der Waals surface area contributed by atoms with Crippen LogP contribution in [0, 0.1) is 0 Å². The van der Waals surface area contributed by atoms with E-state index in [1.165, 1.54) is 4.57 Å². The summed E-state index contributed by atoms with van der Waals surface area (Å²) in [5.74, 6) is -0.186. The van der Waals surface area contributed by atoms with Gasteiger partial charge in [-0.2, -0.15) is 4.98 Å². The molecule has 0 spiro atoms. The van der Waals surface area contributed by atoms with E-state index in [0.29, 0.717) is 13.0 Å². The number of anilines is 1. The fraction of sp³-hybridized carbons (Fsp3) is 0.667. The summed E-state index contributed by atoms with van der Waals surface area (Å²) in [6, 6.07) is 0. The first kappa shape index (κ1) is 18.6. The van der Waals surface area contributed by atoms with Crippen molar-refractivity contribution in [2.45, 2.75) is 57.3 Å². The SMILES string of the molecule is CCCCCn1c(=O)n(C2OC(CO)C(O)C2O)c2nc(N)[nH]c(=O)c21. The zero-order chi connectivity index (χ0) is 19.0. The third kappa shape index (κ3) is 2.92. The summed E-state index contributed by atoms with van der Waals surface area (Å²) in [6.45, 7) is 1.77. The van der Waals surface area contributed by atoms with Gasteiger partial charge in [0.25, 0.3) is 5.56 Å². The zero-order valence-electron chi connectivity index (χ0n) is 14.3. The lowest BCUT2D eigenvalue weighted by atomic mass is 10.1. The van der Waals surface area contributed by atoms with Crippen LogP contribution in [0.4, 0.5) is 5.95 Å². The average Bonchev–Trinajstić information content (AvgIpc) is 3.03. The molecule has 1 fully saturated rings. The zero-order valence-corrected chi connectivity index (χ0v) is 14.3. The molecule has 6 N–H and O–H groups in total. The minimum absolute atomic E-state index is 0.0260. The second-order valence-corrected chi connectivity index (χ2v) is 6.36. The van der Waals surface area contributed by atoms with E-state index in [2.05, 4.69) is 9.97 Å². The first-order valence-corrected chi connectivity index (χ1v) is 8.53. The van der Waals surface area contributed by atoms with E-state index in [9.17, 15) is 24.9 Å². The lowest BCUT2D eigenvalue weighted by Crippen LogP contribution is -2.36. The average molecular weight is 369 g/mol. The first-order valence-electron chi connectivity index (χ1n) is 8.53. The van der Waals surface area contributed by atoms with E-state index in [1.807, 2.05) is 6.92 Å². The van der Waals surface area contributed by atoms with Gasteiger partial charge in [-0.1, -0.05) is 19.8 Å². The van der Waals surface area contributed by atoms with E-state index in [1.54, 1.807) is 0 Å². The molecule has 3 rings (SSSR count). The number of fused-ring (bicyclic) bond motifs is 1. The largest absolute Gasteiger partial charge is 0.394 e. The number of unbranched alkanes of at least 4 members (excludes halogenated alkanes) is 2. The molecule has 2 aromatic heterocycles. The van der Waals surface area contributed by atoms with Crippen LogP contribution >= 0.6 is 0 Å². The van der Waals surface area contributed by atoms with Crippen molar-refractivity contribution in [1.82, 2.24) is 19.1 Å². The topological polar surface area (TPSA) is 169 Å². The Morgan fingerprint density at radius 1 is 1.27 bits per heavy atom. The molecule has 3 heterocycles. The number of nitrogens with two attached hydrogens (primary N) is 1. The summed E-state index contributed by atoms with van der Waals surface area (Å²) in [5.41, 5.74) is 4.41. The number of aliphatic hydroxyl groups is 3. The molecule has 1 aliphatic rings. The minimum atomic E-state index is -1.47. The summed E-state index contributed by atoms with van der Waals surface area (Å²) in [4.78, 5) is 31.7. The number of imidazole rings is 1. The van der Waals surface area contributed by atoms with Crippen molar-refractivity contribution >= 4 is 17.1 Å². The van der Waals surface area contributed by atoms with Crippen molar-refractivity contribution in [2.24, 2.45) is 0 Å². The molecule has 4 atom stereocenters. The number of aromatic amines is 1. The fourth-order valence-corrected chi connectivity index (χ4v) is 3.25. The number of rotatable bonds is 6. The molecule has 26 heavy (non-hydrogen) atoms. The third-order valence-corrected chi connectivity index (χ3v) is 4.59. The molecule has 11 heteroatoms. The summed E-state index contributed by atoms with van der Waals surface area (Å²) in [7, 11) is 0. The molecule has 11 nitrogen and oxygen atoms in total. The normalized spacial score (nSPS) is 26.0. The Labute approximate surface area is 147 Å². The second kappa shape index (κ2) is 7.19. The molecular weight excluding hydrogens is 346 g/mol. The highest BCUT2D eigenvalue weighted by Gasteiger charge is 2.45. The van der Waals surface area contributed by atoms with Crippen LogP contribution in [0.5, 0.6) is 0 Å². The van der Waals surface area contributed by atoms with Crippen LogP contribution < -0.4 is 17.0 Å². The summed E-state index contributed by atoms with van der Waals surface area (Å²) < 4.78 is 7.71. The number of ether oxygens (including phenoxy) is 1. The van der Waals surface area contributed by atoms with Crippen molar-refractivity contribution in [3.8, 4) is 0 Å². The van der Waals surface area contributed by atoms with E-state index >= 15 is 0 Å². The number of aliphatic hydroxyl groups excluding tert-OH is 3. The van der Waals surface area contributed by atoms with Gasteiger partial charge < -0.3 is 25.8 Å². The monoisotopic (exact) mass is 369 g/mol. The highest BCUT2D eigenvalue weighted by atomic mass is 16.6. The molecule has 0 amide bonds. The second-order valence-electron chi connectivity index (χ2n) is 6.36. The molecule has 1 aliphatic heterocycles. The van der Waals surface area contributed by atoms with E-state index in [4.69, 9.17) is 10.5 Å². The van der Waals surface area contributed by atoms with Crippen LogP contribution in [0.3, 0.4) is 0 Å². The van der Waals surface area contributed by atoms with Gasteiger partial charge in [-0.25, -0.2) is 9.36 Å².